The number of pyridine rings is 2. The molecule has 0 aromatic carbocycles. The van der Waals surface area contributed by atoms with Crippen LogP contribution < -0.4 is 10.1 Å². The second kappa shape index (κ2) is 8.27. The minimum absolute atomic E-state index is 0.219. The van der Waals surface area contributed by atoms with Gasteiger partial charge in [0, 0.05) is 18.9 Å². The van der Waals surface area contributed by atoms with E-state index in [-0.39, 0.29) is 23.7 Å². The van der Waals surface area contributed by atoms with Crippen molar-refractivity contribution in [2.75, 3.05) is 6.54 Å². The van der Waals surface area contributed by atoms with Crippen molar-refractivity contribution in [2.24, 2.45) is 11.3 Å². The summed E-state index contributed by atoms with van der Waals surface area (Å²) in [5, 5.41) is 13.7. The molecule has 2 N–H and O–H groups in total. The summed E-state index contributed by atoms with van der Waals surface area (Å²) in [4.78, 5) is 20.9. The highest BCUT2D eigenvalue weighted by molar-refractivity contribution is 5.96. The third-order valence-electron chi connectivity index (χ3n) is 5.58. The van der Waals surface area contributed by atoms with Gasteiger partial charge in [0.15, 0.2) is 0 Å². The first-order valence-corrected chi connectivity index (χ1v) is 9.80. The van der Waals surface area contributed by atoms with Gasteiger partial charge in [-0.15, -0.1) is 0 Å². The fraction of sp³-hybridized carbons (Fsp3) is 0.500. The van der Waals surface area contributed by atoms with E-state index in [9.17, 15) is 9.90 Å². The lowest BCUT2D eigenvalue weighted by molar-refractivity contribution is -0.0228. The van der Waals surface area contributed by atoms with Crippen LogP contribution in [0.2, 0.25) is 0 Å². The summed E-state index contributed by atoms with van der Waals surface area (Å²) >= 11 is 0. The zero-order chi connectivity index (χ0) is 20.2. The van der Waals surface area contributed by atoms with Crippen molar-refractivity contribution >= 4 is 5.91 Å². The Hall–Kier alpha value is -2.47. The second-order valence-electron chi connectivity index (χ2n) is 8.69. The number of nitrogens with one attached hydrogen (secondary N) is 1. The van der Waals surface area contributed by atoms with Crippen molar-refractivity contribution in [1.82, 2.24) is 15.3 Å². The maximum Gasteiger partial charge on any atom is 0.256 e. The molecule has 6 heteroatoms. The van der Waals surface area contributed by atoms with Crippen molar-refractivity contribution < 1.29 is 14.6 Å². The van der Waals surface area contributed by atoms with Gasteiger partial charge in [0.05, 0.1) is 11.8 Å². The van der Waals surface area contributed by atoms with Crippen molar-refractivity contribution in [2.45, 2.75) is 52.1 Å². The molecule has 0 radical (unpaired) electrons. The van der Waals surface area contributed by atoms with Crippen LogP contribution in [0.4, 0.5) is 0 Å². The summed E-state index contributed by atoms with van der Waals surface area (Å²) in [5.41, 5.74) is -0.277. The molecule has 1 amide bonds. The number of rotatable bonds is 5. The predicted octanol–water partition coefficient (Wildman–Crippen LogP) is 3.97. The molecular weight excluding hydrogens is 354 g/mol. The van der Waals surface area contributed by atoms with Gasteiger partial charge in [-0.05, 0) is 61.3 Å². The fourth-order valence-electron chi connectivity index (χ4n) is 3.70. The van der Waals surface area contributed by atoms with Crippen LogP contribution in [0.15, 0.2) is 42.9 Å². The molecule has 6 nitrogen and oxygen atoms in total. The number of hydrogen-bond donors (Lipinski definition) is 2. The topological polar surface area (TPSA) is 84.3 Å². The van der Waals surface area contributed by atoms with Gasteiger partial charge in [-0.2, -0.15) is 0 Å². The summed E-state index contributed by atoms with van der Waals surface area (Å²) in [5.74, 6) is 1.02. The van der Waals surface area contributed by atoms with E-state index in [1.54, 1.807) is 42.9 Å². The fourth-order valence-corrected chi connectivity index (χ4v) is 3.70. The van der Waals surface area contributed by atoms with Crippen LogP contribution in [0.1, 0.15) is 56.8 Å². The molecule has 0 bridgehead atoms. The molecule has 0 unspecified atom stereocenters. The van der Waals surface area contributed by atoms with Gasteiger partial charge in [0.1, 0.15) is 11.3 Å². The van der Waals surface area contributed by atoms with Crippen molar-refractivity contribution in [1.29, 1.82) is 0 Å². The number of hydrogen-bond acceptors (Lipinski definition) is 5. The molecule has 0 aliphatic heterocycles. The van der Waals surface area contributed by atoms with E-state index in [4.69, 9.17) is 4.74 Å². The summed E-state index contributed by atoms with van der Waals surface area (Å²) in [6.07, 6.45) is 8.11. The van der Waals surface area contributed by atoms with Gasteiger partial charge in [0.2, 0.25) is 5.88 Å². The van der Waals surface area contributed by atoms with Crippen LogP contribution >= 0.6 is 0 Å². The van der Waals surface area contributed by atoms with Gasteiger partial charge >= 0.3 is 0 Å². The molecule has 2 aromatic rings. The van der Waals surface area contributed by atoms with Crippen LogP contribution in [0.5, 0.6) is 11.6 Å². The Bertz CT molecular complexity index is 794. The lowest BCUT2D eigenvalue weighted by Crippen LogP contribution is -2.46. The normalized spacial score (nSPS) is 22.5. The van der Waals surface area contributed by atoms with E-state index in [0.29, 0.717) is 30.1 Å². The molecule has 1 saturated carbocycles. The largest absolute Gasteiger partial charge is 0.437 e. The molecule has 0 spiro atoms. The Morgan fingerprint density at radius 3 is 2.61 bits per heavy atom. The van der Waals surface area contributed by atoms with E-state index in [1.807, 2.05) is 0 Å². The van der Waals surface area contributed by atoms with Gasteiger partial charge in [-0.3, -0.25) is 9.78 Å². The molecule has 28 heavy (non-hydrogen) atoms. The van der Waals surface area contributed by atoms with Crippen molar-refractivity contribution in [3.8, 4) is 11.6 Å². The van der Waals surface area contributed by atoms with Crippen LogP contribution in [-0.2, 0) is 0 Å². The average molecular weight is 383 g/mol. The van der Waals surface area contributed by atoms with Crippen molar-refractivity contribution in [3.63, 3.8) is 0 Å². The number of aromatic nitrogens is 2. The molecule has 2 heterocycles. The first kappa shape index (κ1) is 20.3. The van der Waals surface area contributed by atoms with Gasteiger partial charge < -0.3 is 15.2 Å². The Morgan fingerprint density at radius 1 is 1.25 bits per heavy atom. The first-order valence-electron chi connectivity index (χ1n) is 9.80. The summed E-state index contributed by atoms with van der Waals surface area (Å²) in [6, 6.07) is 6.85. The molecule has 0 saturated heterocycles. The van der Waals surface area contributed by atoms with Crippen LogP contribution in [0.25, 0.3) is 0 Å². The highest BCUT2D eigenvalue weighted by Gasteiger charge is 2.37. The van der Waals surface area contributed by atoms with E-state index in [2.05, 4.69) is 36.1 Å². The summed E-state index contributed by atoms with van der Waals surface area (Å²) in [6.45, 7) is 6.96. The zero-order valence-corrected chi connectivity index (χ0v) is 16.8. The maximum absolute atomic E-state index is 12.7. The van der Waals surface area contributed by atoms with E-state index in [0.717, 1.165) is 12.8 Å². The van der Waals surface area contributed by atoms with Gasteiger partial charge in [0.25, 0.3) is 5.91 Å². The van der Waals surface area contributed by atoms with Crippen LogP contribution in [0, 0.1) is 11.3 Å². The third kappa shape index (κ3) is 5.07. The molecule has 3 rings (SSSR count). The number of carbonyl (C=O) groups is 1. The van der Waals surface area contributed by atoms with Crippen molar-refractivity contribution in [3.05, 3.63) is 48.4 Å². The number of carbonyl (C=O) groups excluding carboxylic acids is 1. The molecular formula is C22H29N3O3. The standard InChI is InChI=1S/C22H29N3O3/c1-21(2,3)16-8-10-22(27,11-9-16)15-25-19(26)18-7-5-13-24-20(18)28-17-6-4-12-23-14-17/h4-7,12-14,16,27H,8-11,15H2,1-3H3,(H,25,26). The Balaban J connectivity index is 1.61. The third-order valence-corrected chi connectivity index (χ3v) is 5.58. The number of amides is 1. The minimum Gasteiger partial charge on any atom is -0.437 e. The monoisotopic (exact) mass is 383 g/mol. The summed E-state index contributed by atoms with van der Waals surface area (Å²) < 4.78 is 5.70. The van der Waals surface area contributed by atoms with Gasteiger partial charge in [-0.1, -0.05) is 20.8 Å². The highest BCUT2D eigenvalue weighted by Crippen LogP contribution is 2.41. The van der Waals surface area contributed by atoms with E-state index < -0.39 is 5.60 Å². The molecule has 0 atom stereocenters. The van der Waals surface area contributed by atoms with E-state index >= 15 is 0 Å². The second-order valence-corrected chi connectivity index (χ2v) is 8.69. The Kier molecular flexibility index (Phi) is 5.98. The Morgan fingerprint density at radius 2 is 1.96 bits per heavy atom. The maximum atomic E-state index is 12.7. The molecule has 150 valence electrons. The average Bonchev–Trinajstić information content (AvgIpc) is 2.67. The quantitative estimate of drug-likeness (QED) is 0.816. The first-order chi connectivity index (χ1) is 13.3. The minimum atomic E-state index is -0.857. The molecule has 1 aliphatic carbocycles. The molecule has 2 aromatic heterocycles. The zero-order valence-electron chi connectivity index (χ0n) is 16.8. The van der Waals surface area contributed by atoms with Gasteiger partial charge in [-0.25, -0.2) is 4.98 Å². The smallest absolute Gasteiger partial charge is 0.256 e. The lowest BCUT2D eigenvalue weighted by Gasteiger charge is -2.41. The highest BCUT2D eigenvalue weighted by atomic mass is 16.5. The predicted molar refractivity (Wildman–Crippen MR) is 107 cm³/mol. The lowest BCUT2D eigenvalue weighted by atomic mass is 9.68. The van der Waals surface area contributed by atoms with Crippen LogP contribution in [-0.4, -0.2) is 33.1 Å². The molecule has 1 aliphatic rings. The Labute approximate surface area is 166 Å². The SMILES string of the molecule is CC(C)(C)C1CCC(O)(CNC(=O)c2cccnc2Oc2cccnc2)CC1. The van der Waals surface area contributed by atoms with E-state index in [1.165, 1.54) is 0 Å². The summed E-state index contributed by atoms with van der Waals surface area (Å²) in [7, 11) is 0. The number of nitrogens with zero attached hydrogens (tertiary/aromatic N) is 2. The number of aliphatic hydroxyl groups is 1. The number of ether oxygens (including phenoxy) is 1. The molecule has 1 fully saturated rings. The van der Waals surface area contributed by atoms with Crippen LogP contribution in [0.3, 0.4) is 0 Å².